The van der Waals surface area contributed by atoms with Crippen molar-refractivity contribution in [3.8, 4) is 33.6 Å². The Balaban J connectivity index is 0.978. The van der Waals surface area contributed by atoms with Gasteiger partial charge in [-0.05, 0) is 65.7 Å². The fourth-order valence-electron chi connectivity index (χ4n) is 8.43. The molecular weight excluding hydrogens is 651 g/mol. The van der Waals surface area contributed by atoms with Crippen LogP contribution in [-0.2, 0) is 0 Å². The summed E-state index contributed by atoms with van der Waals surface area (Å²) in [6, 6.07) is 59.3. The molecule has 0 aliphatic carbocycles. The van der Waals surface area contributed by atoms with E-state index in [1.54, 1.807) is 0 Å². The van der Waals surface area contributed by atoms with Crippen LogP contribution in [0.25, 0.3) is 114 Å². The van der Waals surface area contributed by atoms with E-state index in [2.05, 4.69) is 168 Å². The number of rotatable bonds is 3. The third-order valence-electron chi connectivity index (χ3n) is 10.9. The van der Waals surface area contributed by atoms with Crippen LogP contribution in [0.5, 0.6) is 0 Å². The molecule has 0 bridgehead atoms. The molecule has 0 N–H and O–H groups in total. The molecule has 0 saturated heterocycles. The fourth-order valence-corrected chi connectivity index (χ4v) is 9.51. The lowest BCUT2D eigenvalue weighted by molar-refractivity contribution is 1.36. The number of fused-ring (bicyclic) bond motifs is 12. The lowest BCUT2D eigenvalue weighted by Gasteiger charge is -2.09. The first-order chi connectivity index (χ1) is 25.7. The Morgan fingerprint density at radius 2 is 0.865 bits per heavy atom. The second-order valence-electron chi connectivity index (χ2n) is 13.8. The van der Waals surface area contributed by atoms with Gasteiger partial charge in [0, 0.05) is 63.6 Å². The van der Waals surface area contributed by atoms with Crippen molar-refractivity contribution >= 4 is 91.4 Å². The molecule has 240 valence electrons. The Morgan fingerprint density at radius 3 is 1.54 bits per heavy atom. The number of aromatic nitrogens is 3. The maximum absolute atomic E-state index is 5.36. The van der Waals surface area contributed by atoms with Crippen LogP contribution in [-0.4, -0.2) is 14.4 Å². The van der Waals surface area contributed by atoms with Gasteiger partial charge in [-0.1, -0.05) is 109 Å². The van der Waals surface area contributed by atoms with Gasteiger partial charge in [-0.25, -0.2) is 9.97 Å². The van der Waals surface area contributed by atoms with E-state index in [0.717, 1.165) is 44.3 Å². The lowest BCUT2D eigenvalue weighted by Crippen LogP contribution is -1.91. The predicted molar refractivity (Wildman–Crippen MR) is 221 cm³/mol. The number of thiophene rings is 1. The molecule has 12 rings (SSSR count). The van der Waals surface area contributed by atoms with Crippen molar-refractivity contribution in [1.82, 2.24) is 14.4 Å². The molecule has 0 aliphatic heterocycles. The number of hydrogen-bond donors (Lipinski definition) is 0. The Hall–Kier alpha value is -6.62. The molecule has 0 aliphatic rings. The van der Waals surface area contributed by atoms with E-state index < -0.39 is 0 Å². The van der Waals surface area contributed by atoms with Gasteiger partial charge in [0.05, 0.1) is 39.0 Å². The summed E-state index contributed by atoms with van der Waals surface area (Å²) in [7, 11) is 0. The number of benzene rings is 7. The first kappa shape index (κ1) is 28.1. The molecule has 0 amide bonds. The summed E-state index contributed by atoms with van der Waals surface area (Å²) >= 11 is 1.85. The Labute approximate surface area is 302 Å². The van der Waals surface area contributed by atoms with Crippen molar-refractivity contribution in [2.75, 3.05) is 0 Å². The summed E-state index contributed by atoms with van der Waals surface area (Å²) in [5, 5.41) is 9.84. The maximum Gasteiger partial charge on any atom is 0.0972 e. The van der Waals surface area contributed by atoms with Gasteiger partial charge in [0.25, 0.3) is 0 Å². The summed E-state index contributed by atoms with van der Waals surface area (Å²) in [5.41, 5.74) is 12.1. The summed E-state index contributed by atoms with van der Waals surface area (Å²) in [5.74, 6) is 0. The molecule has 3 nitrogen and oxygen atoms in total. The smallest absolute Gasteiger partial charge is 0.0972 e. The van der Waals surface area contributed by atoms with Gasteiger partial charge >= 0.3 is 0 Å². The molecule has 52 heavy (non-hydrogen) atoms. The van der Waals surface area contributed by atoms with Gasteiger partial charge in [-0.3, -0.25) is 0 Å². The van der Waals surface area contributed by atoms with Crippen LogP contribution in [0.15, 0.2) is 164 Å². The molecular formula is C48H27N3S. The van der Waals surface area contributed by atoms with E-state index in [0.29, 0.717) is 0 Å². The van der Waals surface area contributed by atoms with Crippen LogP contribution in [0.3, 0.4) is 0 Å². The molecule has 0 unspecified atom stereocenters. The van der Waals surface area contributed by atoms with Crippen LogP contribution in [0.2, 0.25) is 0 Å². The maximum atomic E-state index is 5.36. The second-order valence-corrected chi connectivity index (χ2v) is 14.9. The molecule has 12 aromatic rings. The fraction of sp³-hybridized carbons (Fsp3) is 0. The van der Waals surface area contributed by atoms with Gasteiger partial charge < -0.3 is 4.40 Å². The van der Waals surface area contributed by atoms with Crippen LogP contribution in [0, 0.1) is 0 Å². The van der Waals surface area contributed by atoms with Crippen molar-refractivity contribution in [3.05, 3.63) is 164 Å². The molecule has 5 heterocycles. The van der Waals surface area contributed by atoms with E-state index in [4.69, 9.17) is 9.97 Å². The van der Waals surface area contributed by atoms with Gasteiger partial charge in [0.1, 0.15) is 0 Å². The number of pyridine rings is 2. The highest BCUT2D eigenvalue weighted by Crippen LogP contribution is 2.42. The number of hydrogen-bond acceptors (Lipinski definition) is 3. The van der Waals surface area contributed by atoms with Crippen LogP contribution in [0.4, 0.5) is 0 Å². The first-order valence-corrected chi connectivity index (χ1v) is 18.5. The van der Waals surface area contributed by atoms with E-state index in [-0.39, 0.29) is 0 Å². The molecule has 0 radical (unpaired) electrons. The van der Waals surface area contributed by atoms with Crippen molar-refractivity contribution in [3.63, 3.8) is 0 Å². The molecule has 0 fully saturated rings. The highest BCUT2D eigenvalue weighted by molar-refractivity contribution is 7.25. The van der Waals surface area contributed by atoms with Crippen molar-refractivity contribution in [1.29, 1.82) is 0 Å². The summed E-state index contributed by atoms with van der Waals surface area (Å²) in [4.78, 5) is 10.6. The van der Waals surface area contributed by atoms with Crippen LogP contribution >= 0.6 is 11.3 Å². The number of para-hydroxylation sites is 2. The Bertz CT molecular complexity index is 3320. The molecule has 7 aromatic carbocycles. The first-order valence-electron chi connectivity index (χ1n) is 17.7. The zero-order valence-electron chi connectivity index (χ0n) is 27.8. The van der Waals surface area contributed by atoms with Gasteiger partial charge in [-0.15, -0.1) is 11.3 Å². The molecule has 0 atom stereocenters. The average Bonchev–Trinajstić information content (AvgIpc) is 3.87. The number of nitrogens with zero attached hydrogens (tertiary/aromatic N) is 3. The largest absolute Gasteiger partial charge is 0.308 e. The van der Waals surface area contributed by atoms with Crippen molar-refractivity contribution in [2.24, 2.45) is 0 Å². The third-order valence-corrected chi connectivity index (χ3v) is 12.1. The SMILES string of the molecule is c1ccc2c(c1)sc1ccc(-c3ccc(-c4ccc5ccc6ccc(-c7cc8c9ccccc9n9c%10ccccc%10c(c7)c89)nc6c5n4)cc3)cc12. The van der Waals surface area contributed by atoms with E-state index in [1.165, 1.54) is 69.4 Å². The molecule has 4 heteroatoms. The molecule has 5 aromatic heterocycles. The van der Waals surface area contributed by atoms with Gasteiger partial charge in [0.2, 0.25) is 0 Å². The van der Waals surface area contributed by atoms with Crippen molar-refractivity contribution < 1.29 is 0 Å². The third kappa shape index (κ3) is 3.95. The minimum atomic E-state index is 0.920. The monoisotopic (exact) mass is 677 g/mol. The Morgan fingerprint density at radius 1 is 0.365 bits per heavy atom. The second kappa shape index (κ2) is 10.5. The highest BCUT2D eigenvalue weighted by Gasteiger charge is 2.19. The van der Waals surface area contributed by atoms with Crippen LogP contribution < -0.4 is 0 Å². The average molecular weight is 678 g/mol. The van der Waals surface area contributed by atoms with E-state index in [9.17, 15) is 0 Å². The summed E-state index contributed by atoms with van der Waals surface area (Å²) in [6.07, 6.45) is 0. The zero-order valence-corrected chi connectivity index (χ0v) is 28.7. The lowest BCUT2D eigenvalue weighted by atomic mass is 10.00. The predicted octanol–water partition coefficient (Wildman–Crippen LogP) is 13.3. The van der Waals surface area contributed by atoms with Crippen molar-refractivity contribution in [2.45, 2.75) is 0 Å². The molecule has 0 spiro atoms. The summed E-state index contributed by atoms with van der Waals surface area (Å²) < 4.78 is 5.07. The Kier molecular flexibility index (Phi) is 5.65. The highest BCUT2D eigenvalue weighted by atomic mass is 32.1. The van der Waals surface area contributed by atoms with E-state index >= 15 is 0 Å². The minimum Gasteiger partial charge on any atom is -0.308 e. The standard InChI is InChI=1S/C48H27N3S/c1-4-10-42-34(7-1)38-26-33(27-39-35-8-2-5-11-43(35)51(42)48(38)39)41-23-20-31-18-17-30-19-22-40(49-46(30)47(31)50-41)29-15-13-28(14-16-29)32-21-24-45-37(25-32)36-9-3-6-12-44(36)52-45/h1-27H. The minimum absolute atomic E-state index is 0.920. The molecule has 0 saturated carbocycles. The van der Waals surface area contributed by atoms with E-state index in [1.807, 2.05) is 11.3 Å². The van der Waals surface area contributed by atoms with Gasteiger partial charge in [0.15, 0.2) is 0 Å². The summed E-state index contributed by atoms with van der Waals surface area (Å²) in [6.45, 7) is 0. The quantitative estimate of drug-likeness (QED) is 0.174. The topological polar surface area (TPSA) is 30.2 Å². The zero-order chi connectivity index (χ0) is 33.9. The van der Waals surface area contributed by atoms with Gasteiger partial charge in [-0.2, -0.15) is 0 Å². The van der Waals surface area contributed by atoms with Crippen LogP contribution in [0.1, 0.15) is 0 Å². The normalized spacial score (nSPS) is 12.2.